The summed E-state index contributed by atoms with van der Waals surface area (Å²) in [6.07, 6.45) is 0. The first-order chi connectivity index (χ1) is 6.24. The molecule has 0 spiro atoms. The molecule has 1 rings (SSSR count). The zero-order chi connectivity index (χ0) is 10.3. The van der Waals surface area contributed by atoms with Crippen LogP contribution in [0.5, 0.6) is 5.75 Å². The van der Waals surface area contributed by atoms with Crippen molar-refractivity contribution in [3.05, 3.63) is 34.4 Å². The maximum absolute atomic E-state index is 10.2. The monoisotopic (exact) mass is 185 g/mol. The first kappa shape index (κ1) is 11.3. The van der Waals surface area contributed by atoms with Gasteiger partial charge < -0.3 is 4.74 Å². The Morgan fingerprint density at radius 1 is 1.31 bits per heavy atom. The number of nitro benzene ring substituents is 1. The molecule has 6 heteroatoms. The van der Waals surface area contributed by atoms with E-state index < -0.39 is 4.92 Å². The van der Waals surface area contributed by atoms with Gasteiger partial charge in [0, 0.05) is 12.1 Å². The molecular formula is C7H11N3O3. The first-order valence-corrected chi connectivity index (χ1v) is 3.36. The Hall–Kier alpha value is -1.66. The summed E-state index contributed by atoms with van der Waals surface area (Å²) < 4.78 is 4.83. The van der Waals surface area contributed by atoms with E-state index in [1.54, 1.807) is 12.1 Å². The molecule has 0 heterocycles. The predicted molar refractivity (Wildman–Crippen MR) is 48.0 cm³/mol. The largest absolute Gasteiger partial charge is 0.497 e. The summed E-state index contributed by atoms with van der Waals surface area (Å²) in [5.74, 6) is 8.62. The Morgan fingerprint density at radius 2 is 1.77 bits per heavy atom. The van der Waals surface area contributed by atoms with E-state index in [2.05, 4.69) is 11.7 Å². The van der Waals surface area contributed by atoms with E-state index in [0.717, 1.165) is 0 Å². The van der Waals surface area contributed by atoms with Crippen LogP contribution in [-0.2, 0) is 0 Å². The molecule has 0 fully saturated rings. The van der Waals surface area contributed by atoms with Gasteiger partial charge in [0.2, 0.25) is 0 Å². The van der Waals surface area contributed by atoms with Crippen LogP contribution in [0.15, 0.2) is 24.3 Å². The van der Waals surface area contributed by atoms with Gasteiger partial charge in [0.15, 0.2) is 0 Å². The number of hydrogen-bond acceptors (Lipinski definition) is 5. The number of nitrogens with two attached hydrogens (primary N) is 2. The highest BCUT2D eigenvalue weighted by Gasteiger charge is 2.02. The normalized spacial score (nSPS) is 8.23. The van der Waals surface area contributed by atoms with Crippen LogP contribution in [0.2, 0.25) is 0 Å². The van der Waals surface area contributed by atoms with Gasteiger partial charge in [0.1, 0.15) is 5.75 Å². The average molecular weight is 185 g/mol. The summed E-state index contributed by atoms with van der Waals surface area (Å²) >= 11 is 0. The molecule has 1 aromatic carbocycles. The molecule has 0 saturated heterocycles. The number of benzene rings is 1. The van der Waals surface area contributed by atoms with Gasteiger partial charge in [-0.3, -0.25) is 21.8 Å². The highest BCUT2D eigenvalue weighted by molar-refractivity contribution is 5.35. The van der Waals surface area contributed by atoms with Crippen LogP contribution in [0.1, 0.15) is 0 Å². The van der Waals surface area contributed by atoms with E-state index in [0.29, 0.717) is 5.75 Å². The maximum Gasteiger partial charge on any atom is 0.269 e. The molecule has 0 atom stereocenters. The van der Waals surface area contributed by atoms with E-state index in [4.69, 9.17) is 4.74 Å². The molecule has 0 unspecified atom stereocenters. The quantitative estimate of drug-likeness (QED) is 0.394. The highest BCUT2D eigenvalue weighted by Crippen LogP contribution is 2.16. The molecule has 6 nitrogen and oxygen atoms in total. The summed E-state index contributed by atoms with van der Waals surface area (Å²) in [4.78, 5) is 9.72. The van der Waals surface area contributed by atoms with Crippen LogP contribution < -0.4 is 16.4 Å². The maximum atomic E-state index is 10.2. The van der Waals surface area contributed by atoms with Crippen LogP contribution in [0, 0.1) is 10.1 Å². The van der Waals surface area contributed by atoms with Crippen LogP contribution in [0.25, 0.3) is 0 Å². The number of nitrogens with zero attached hydrogens (tertiary/aromatic N) is 1. The van der Waals surface area contributed by atoms with E-state index >= 15 is 0 Å². The number of methoxy groups -OCH3 is 1. The van der Waals surface area contributed by atoms with Crippen molar-refractivity contribution in [3.63, 3.8) is 0 Å². The second kappa shape index (κ2) is 5.92. The molecule has 72 valence electrons. The molecule has 13 heavy (non-hydrogen) atoms. The standard InChI is InChI=1S/C7H7NO3.H4N2/c1-11-7-4-2-6(3-5-7)8(9)10;1-2/h2-5H,1H3;1-2H2. The minimum atomic E-state index is -0.445. The van der Waals surface area contributed by atoms with Crippen LogP contribution in [0.3, 0.4) is 0 Å². The molecule has 0 aliphatic rings. The third-order valence-corrected chi connectivity index (χ3v) is 1.28. The molecule has 4 N–H and O–H groups in total. The molecule has 0 aromatic heterocycles. The van der Waals surface area contributed by atoms with Gasteiger partial charge in [-0.05, 0) is 12.1 Å². The average Bonchev–Trinajstić information content (AvgIpc) is 2.21. The number of hydrogen-bond donors (Lipinski definition) is 2. The molecule has 1 aromatic rings. The summed E-state index contributed by atoms with van der Waals surface area (Å²) in [5, 5.41) is 10.2. The fourth-order valence-corrected chi connectivity index (χ4v) is 0.704. The molecular weight excluding hydrogens is 174 g/mol. The Balaban J connectivity index is 0.000000671. The third-order valence-electron chi connectivity index (χ3n) is 1.28. The predicted octanol–water partition coefficient (Wildman–Crippen LogP) is 0.422. The zero-order valence-corrected chi connectivity index (χ0v) is 7.14. The fourth-order valence-electron chi connectivity index (χ4n) is 0.704. The second-order valence-electron chi connectivity index (χ2n) is 1.96. The lowest BCUT2D eigenvalue weighted by atomic mass is 10.3. The number of rotatable bonds is 2. The van der Waals surface area contributed by atoms with E-state index in [9.17, 15) is 10.1 Å². The number of nitro groups is 1. The molecule has 0 saturated carbocycles. The first-order valence-electron chi connectivity index (χ1n) is 3.36. The van der Waals surface area contributed by atoms with Crippen molar-refractivity contribution in [2.24, 2.45) is 11.7 Å². The van der Waals surface area contributed by atoms with Crippen molar-refractivity contribution in [2.45, 2.75) is 0 Å². The van der Waals surface area contributed by atoms with Crippen molar-refractivity contribution in [1.29, 1.82) is 0 Å². The van der Waals surface area contributed by atoms with Crippen molar-refractivity contribution in [2.75, 3.05) is 7.11 Å². The van der Waals surface area contributed by atoms with Gasteiger partial charge >= 0.3 is 0 Å². The van der Waals surface area contributed by atoms with Gasteiger partial charge in [0.05, 0.1) is 12.0 Å². The summed E-state index contributed by atoms with van der Waals surface area (Å²) in [7, 11) is 1.52. The summed E-state index contributed by atoms with van der Waals surface area (Å²) in [6.45, 7) is 0. The smallest absolute Gasteiger partial charge is 0.269 e. The summed E-state index contributed by atoms with van der Waals surface area (Å²) in [5.41, 5.74) is 0.0748. The van der Waals surface area contributed by atoms with Gasteiger partial charge in [-0.15, -0.1) is 0 Å². The van der Waals surface area contributed by atoms with Gasteiger partial charge in [-0.1, -0.05) is 0 Å². The SMILES string of the molecule is COc1ccc([N+](=O)[O-])cc1.NN. The fraction of sp³-hybridized carbons (Fsp3) is 0.143. The Bertz CT molecular complexity index is 260. The topological polar surface area (TPSA) is 104 Å². The Morgan fingerprint density at radius 3 is 2.08 bits per heavy atom. The van der Waals surface area contributed by atoms with Gasteiger partial charge in [-0.25, -0.2) is 0 Å². The Labute approximate surface area is 75.2 Å². The number of hydrazine groups is 1. The third kappa shape index (κ3) is 3.50. The molecule has 0 aliphatic carbocycles. The van der Waals surface area contributed by atoms with Crippen molar-refractivity contribution in [1.82, 2.24) is 0 Å². The van der Waals surface area contributed by atoms with Crippen molar-refractivity contribution in [3.8, 4) is 5.75 Å². The van der Waals surface area contributed by atoms with E-state index in [-0.39, 0.29) is 5.69 Å². The second-order valence-corrected chi connectivity index (χ2v) is 1.96. The minimum absolute atomic E-state index is 0.0748. The van der Waals surface area contributed by atoms with Crippen molar-refractivity contribution >= 4 is 5.69 Å². The lowest BCUT2D eigenvalue weighted by Gasteiger charge is -1.96. The molecule has 0 aliphatic heterocycles. The van der Waals surface area contributed by atoms with Crippen LogP contribution in [-0.4, -0.2) is 12.0 Å². The van der Waals surface area contributed by atoms with Crippen LogP contribution >= 0.6 is 0 Å². The lowest BCUT2D eigenvalue weighted by Crippen LogP contribution is -2.02. The lowest BCUT2D eigenvalue weighted by molar-refractivity contribution is -0.384. The molecule has 0 amide bonds. The van der Waals surface area contributed by atoms with Crippen LogP contribution in [0.4, 0.5) is 5.69 Å². The zero-order valence-electron chi connectivity index (χ0n) is 7.14. The van der Waals surface area contributed by atoms with E-state index in [1.807, 2.05) is 0 Å². The minimum Gasteiger partial charge on any atom is -0.497 e. The van der Waals surface area contributed by atoms with Gasteiger partial charge in [-0.2, -0.15) is 0 Å². The molecule has 0 bridgehead atoms. The highest BCUT2D eigenvalue weighted by atomic mass is 16.6. The number of non-ortho nitro benzene ring substituents is 1. The molecule has 0 radical (unpaired) electrons. The summed E-state index contributed by atoms with van der Waals surface area (Å²) in [6, 6.07) is 5.91. The Kier molecular flexibility index (Phi) is 5.17. The van der Waals surface area contributed by atoms with Crippen molar-refractivity contribution < 1.29 is 9.66 Å². The number of ether oxygens (including phenoxy) is 1. The van der Waals surface area contributed by atoms with E-state index in [1.165, 1.54) is 19.2 Å². The van der Waals surface area contributed by atoms with Gasteiger partial charge in [0.25, 0.3) is 5.69 Å².